The quantitative estimate of drug-likeness (QED) is 0.686. The fourth-order valence-electron chi connectivity index (χ4n) is 4.62. The van der Waals surface area contributed by atoms with Gasteiger partial charge in [0.1, 0.15) is 5.75 Å². The Balaban J connectivity index is 1.40. The van der Waals surface area contributed by atoms with E-state index >= 15 is 0 Å². The smallest absolute Gasteiger partial charge is 0.260 e. The Labute approximate surface area is 194 Å². The second kappa shape index (κ2) is 9.82. The minimum atomic E-state index is -0.0795. The summed E-state index contributed by atoms with van der Waals surface area (Å²) in [4.78, 5) is 28.6. The van der Waals surface area contributed by atoms with E-state index in [0.29, 0.717) is 18.2 Å². The molecule has 1 saturated carbocycles. The largest absolute Gasteiger partial charge is 0.496 e. The molecule has 4 rings (SSSR count). The van der Waals surface area contributed by atoms with Crippen LogP contribution in [0.1, 0.15) is 36.0 Å². The molecule has 2 aromatic rings. The van der Waals surface area contributed by atoms with Crippen LogP contribution in [0.4, 0.5) is 0 Å². The third kappa shape index (κ3) is 4.85. The Morgan fingerprint density at radius 2 is 2.03 bits per heavy atom. The van der Waals surface area contributed by atoms with Crippen molar-refractivity contribution < 1.29 is 14.3 Å². The van der Waals surface area contributed by atoms with Crippen molar-refractivity contribution in [2.75, 3.05) is 14.2 Å². The summed E-state index contributed by atoms with van der Waals surface area (Å²) < 4.78 is 5.38. The molecule has 6 heteroatoms. The van der Waals surface area contributed by atoms with E-state index in [4.69, 9.17) is 4.74 Å². The van der Waals surface area contributed by atoms with Gasteiger partial charge in [-0.2, -0.15) is 0 Å². The van der Waals surface area contributed by atoms with Gasteiger partial charge in [-0.15, -0.1) is 11.8 Å². The van der Waals surface area contributed by atoms with Crippen molar-refractivity contribution in [3.05, 3.63) is 70.1 Å². The number of para-hydroxylation sites is 1. The number of rotatable bonds is 5. The SMILES string of the molecule is COc1ccccc1CNC(=O)C1CCC2S/C(=C\c3cccc(C)c3)C(=O)N(C)C2C1. The van der Waals surface area contributed by atoms with Crippen LogP contribution in [0.5, 0.6) is 5.75 Å². The number of hydrogen-bond acceptors (Lipinski definition) is 4. The standard InChI is InChI=1S/C26H30N2O3S/c1-17-7-6-8-18(13-17)14-24-26(30)28(2)21-15-19(11-12-23(21)32-24)25(29)27-16-20-9-4-5-10-22(20)31-3/h4-10,13-14,19,21,23H,11-12,15-16H2,1-3H3,(H,27,29)/b24-14-. The van der Waals surface area contributed by atoms with E-state index in [9.17, 15) is 9.59 Å². The van der Waals surface area contributed by atoms with Crippen molar-refractivity contribution in [1.82, 2.24) is 10.2 Å². The number of methoxy groups -OCH3 is 1. The maximum absolute atomic E-state index is 13.0. The van der Waals surface area contributed by atoms with Gasteiger partial charge in [0.05, 0.1) is 12.0 Å². The lowest BCUT2D eigenvalue weighted by molar-refractivity contribution is -0.132. The average molecular weight is 451 g/mol. The lowest BCUT2D eigenvalue weighted by atomic mass is 9.83. The molecule has 168 valence electrons. The molecule has 1 heterocycles. The molecule has 2 aliphatic rings. The highest BCUT2D eigenvalue weighted by molar-refractivity contribution is 8.04. The molecule has 0 aromatic heterocycles. The van der Waals surface area contributed by atoms with Crippen LogP contribution in [-0.2, 0) is 16.1 Å². The number of ether oxygens (including phenoxy) is 1. The van der Waals surface area contributed by atoms with Gasteiger partial charge < -0.3 is 15.0 Å². The Hall–Kier alpha value is -2.73. The fraction of sp³-hybridized carbons (Fsp3) is 0.385. The monoisotopic (exact) mass is 450 g/mol. The van der Waals surface area contributed by atoms with E-state index < -0.39 is 0 Å². The van der Waals surface area contributed by atoms with Crippen molar-refractivity contribution in [2.24, 2.45) is 5.92 Å². The molecule has 5 nitrogen and oxygen atoms in total. The minimum absolute atomic E-state index is 0.0489. The molecule has 3 unspecified atom stereocenters. The number of likely N-dealkylation sites (N-methyl/N-ethyl adjacent to an activating group) is 1. The van der Waals surface area contributed by atoms with Crippen LogP contribution in [0.25, 0.3) is 6.08 Å². The van der Waals surface area contributed by atoms with Gasteiger partial charge in [-0.1, -0.05) is 48.0 Å². The van der Waals surface area contributed by atoms with Gasteiger partial charge in [-0.05, 0) is 43.9 Å². The number of fused-ring (bicyclic) bond motifs is 1. The van der Waals surface area contributed by atoms with Gasteiger partial charge in [-0.3, -0.25) is 9.59 Å². The molecular weight excluding hydrogens is 420 g/mol. The number of carbonyl (C=O) groups is 2. The maximum Gasteiger partial charge on any atom is 0.260 e. The minimum Gasteiger partial charge on any atom is -0.496 e. The van der Waals surface area contributed by atoms with Crippen molar-refractivity contribution >= 4 is 29.7 Å². The van der Waals surface area contributed by atoms with Crippen LogP contribution < -0.4 is 10.1 Å². The highest BCUT2D eigenvalue weighted by Gasteiger charge is 2.42. The number of aryl methyl sites for hydroxylation is 1. The van der Waals surface area contributed by atoms with E-state index in [0.717, 1.165) is 34.6 Å². The van der Waals surface area contributed by atoms with Crippen LogP contribution in [-0.4, -0.2) is 42.2 Å². The maximum atomic E-state index is 13.0. The van der Waals surface area contributed by atoms with Crippen LogP contribution in [0.15, 0.2) is 53.4 Å². The number of hydrogen-bond donors (Lipinski definition) is 1. The van der Waals surface area contributed by atoms with Gasteiger partial charge in [-0.25, -0.2) is 0 Å². The predicted molar refractivity (Wildman–Crippen MR) is 129 cm³/mol. The molecule has 0 radical (unpaired) electrons. The summed E-state index contributed by atoms with van der Waals surface area (Å²) >= 11 is 1.68. The van der Waals surface area contributed by atoms with E-state index in [1.165, 1.54) is 5.56 Å². The van der Waals surface area contributed by atoms with Gasteiger partial charge in [0.15, 0.2) is 0 Å². The van der Waals surface area contributed by atoms with E-state index in [1.807, 2.05) is 54.4 Å². The molecule has 2 amide bonds. The molecule has 32 heavy (non-hydrogen) atoms. The molecule has 2 aromatic carbocycles. The molecule has 1 aliphatic heterocycles. The lowest BCUT2D eigenvalue weighted by Gasteiger charge is -2.44. The molecule has 3 atom stereocenters. The normalized spacial score (nSPS) is 24.2. The molecule has 1 aliphatic carbocycles. The number of benzene rings is 2. The van der Waals surface area contributed by atoms with Gasteiger partial charge >= 0.3 is 0 Å². The zero-order chi connectivity index (χ0) is 22.7. The van der Waals surface area contributed by atoms with Gasteiger partial charge in [0.2, 0.25) is 5.91 Å². The third-order valence-electron chi connectivity index (χ3n) is 6.42. The first-order valence-corrected chi connectivity index (χ1v) is 12.0. The molecule has 0 spiro atoms. The van der Waals surface area contributed by atoms with Crippen molar-refractivity contribution in [1.29, 1.82) is 0 Å². The number of amides is 2. The molecule has 0 bridgehead atoms. The summed E-state index contributed by atoms with van der Waals surface area (Å²) in [6.45, 7) is 2.50. The lowest BCUT2D eigenvalue weighted by Crippen LogP contribution is -2.52. The fourth-order valence-corrected chi connectivity index (χ4v) is 6.10. The average Bonchev–Trinajstić information content (AvgIpc) is 2.81. The molecule has 2 fully saturated rings. The third-order valence-corrected chi connectivity index (χ3v) is 7.82. The summed E-state index contributed by atoms with van der Waals surface area (Å²) in [6.07, 6.45) is 4.46. The number of nitrogens with one attached hydrogen (secondary N) is 1. The first-order valence-electron chi connectivity index (χ1n) is 11.1. The van der Waals surface area contributed by atoms with Gasteiger partial charge in [0, 0.05) is 36.4 Å². The van der Waals surface area contributed by atoms with E-state index in [1.54, 1.807) is 18.9 Å². The van der Waals surface area contributed by atoms with Crippen molar-refractivity contribution in [3.63, 3.8) is 0 Å². The highest BCUT2D eigenvalue weighted by atomic mass is 32.2. The Bertz CT molecular complexity index is 1040. The summed E-state index contributed by atoms with van der Waals surface area (Å²) in [6, 6.07) is 16.0. The second-order valence-electron chi connectivity index (χ2n) is 8.60. The topological polar surface area (TPSA) is 58.6 Å². The summed E-state index contributed by atoms with van der Waals surface area (Å²) in [5.74, 6) is 0.802. The van der Waals surface area contributed by atoms with E-state index in [-0.39, 0.29) is 23.8 Å². The van der Waals surface area contributed by atoms with Crippen LogP contribution in [0.3, 0.4) is 0 Å². The zero-order valence-corrected chi connectivity index (χ0v) is 19.7. The van der Waals surface area contributed by atoms with Crippen LogP contribution in [0.2, 0.25) is 0 Å². The Morgan fingerprint density at radius 1 is 1.22 bits per heavy atom. The number of nitrogens with zero attached hydrogens (tertiary/aromatic N) is 1. The van der Waals surface area contributed by atoms with Crippen molar-refractivity contribution in [2.45, 2.75) is 44.0 Å². The summed E-state index contributed by atoms with van der Waals surface area (Å²) in [5, 5.41) is 3.40. The molecular formula is C26H30N2O3S. The first-order chi connectivity index (χ1) is 15.5. The van der Waals surface area contributed by atoms with Gasteiger partial charge in [0.25, 0.3) is 5.91 Å². The van der Waals surface area contributed by atoms with Crippen LogP contribution in [0, 0.1) is 12.8 Å². The van der Waals surface area contributed by atoms with Crippen LogP contribution >= 0.6 is 11.8 Å². The molecule has 1 N–H and O–H groups in total. The Kier molecular flexibility index (Phi) is 6.89. The summed E-state index contributed by atoms with van der Waals surface area (Å²) in [5.41, 5.74) is 3.19. The number of thioether (sulfide) groups is 1. The zero-order valence-electron chi connectivity index (χ0n) is 18.8. The highest BCUT2D eigenvalue weighted by Crippen LogP contribution is 2.43. The second-order valence-corrected chi connectivity index (χ2v) is 9.88. The predicted octanol–water partition coefficient (Wildman–Crippen LogP) is 4.40. The first kappa shape index (κ1) is 22.5. The summed E-state index contributed by atoms with van der Waals surface area (Å²) in [7, 11) is 3.51. The van der Waals surface area contributed by atoms with Crippen molar-refractivity contribution in [3.8, 4) is 5.75 Å². The Morgan fingerprint density at radius 3 is 2.81 bits per heavy atom. The molecule has 1 saturated heterocycles. The number of carbonyl (C=O) groups excluding carboxylic acids is 2. The van der Waals surface area contributed by atoms with E-state index in [2.05, 4.69) is 24.4 Å².